The van der Waals surface area contributed by atoms with Crippen LogP contribution in [0, 0.1) is 16.7 Å². The van der Waals surface area contributed by atoms with E-state index in [0.717, 1.165) is 12.8 Å². The number of nitriles is 1. The summed E-state index contributed by atoms with van der Waals surface area (Å²) < 4.78 is 10.6. The Hall–Kier alpha value is -3.53. The minimum atomic E-state index is -0.0747. The van der Waals surface area contributed by atoms with Gasteiger partial charge in [-0.2, -0.15) is 5.26 Å². The maximum Gasteiger partial charge on any atom is 0.254 e. The molecule has 31 heavy (non-hydrogen) atoms. The quantitative estimate of drug-likeness (QED) is 0.761. The Morgan fingerprint density at radius 2 is 1.52 bits per heavy atom. The van der Waals surface area contributed by atoms with Crippen LogP contribution >= 0.6 is 0 Å². The predicted molar refractivity (Wildman–Crippen MR) is 114 cm³/mol. The van der Waals surface area contributed by atoms with Crippen molar-refractivity contribution in [2.75, 3.05) is 40.4 Å². The van der Waals surface area contributed by atoms with Crippen LogP contribution in [0.4, 0.5) is 0 Å². The van der Waals surface area contributed by atoms with E-state index in [1.54, 1.807) is 56.7 Å². The van der Waals surface area contributed by atoms with Gasteiger partial charge in [0.25, 0.3) is 11.8 Å². The van der Waals surface area contributed by atoms with Gasteiger partial charge in [0.2, 0.25) is 0 Å². The summed E-state index contributed by atoms with van der Waals surface area (Å²) in [5.74, 6) is 1.02. The molecule has 0 aromatic heterocycles. The Balaban J connectivity index is 1.44. The van der Waals surface area contributed by atoms with E-state index < -0.39 is 0 Å². The van der Waals surface area contributed by atoms with Gasteiger partial charge in [-0.15, -0.1) is 0 Å². The molecule has 0 radical (unpaired) electrons. The van der Waals surface area contributed by atoms with E-state index in [2.05, 4.69) is 6.07 Å². The molecule has 2 fully saturated rings. The molecule has 1 unspecified atom stereocenters. The summed E-state index contributed by atoms with van der Waals surface area (Å²) in [4.78, 5) is 29.7. The average Bonchev–Trinajstić information content (AvgIpc) is 3.44. The molecule has 4 rings (SSSR count). The number of benzene rings is 2. The molecule has 2 aromatic carbocycles. The van der Waals surface area contributed by atoms with Crippen LogP contribution in [0.15, 0.2) is 42.5 Å². The van der Waals surface area contributed by atoms with Crippen LogP contribution in [0.25, 0.3) is 0 Å². The number of hydrogen-bond acceptors (Lipinski definition) is 5. The van der Waals surface area contributed by atoms with Gasteiger partial charge >= 0.3 is 0 Å². The van der Waals surface area contributed by atoms with Gasteiger partial charge in [-0.25, -0.2) is 0 Å². The standard InChI is InChI=1S/C24H25N3O4/c1-30-20-7-6-19(13-21(20)31-2)23(29)27-11-9-24(16-27)8-10-26(15-24)22(28)18-5-3-4-17(12-18)14-25/h3-7,12-13H,8-11,15-16H2,1-2H3. The van der Waals surface area contributed by atoms with Gasteiger partial charge < -0.3 is 19.3 Å². The second kappa shape index (κ2) is 8.31. The number of hydrogen-bond donors (Lipinski definition) is 0. The molecule has 1 spiro atoms. The fraction of sp³-hybridized carbons (Fsp3) is 0.375. The van der Waals surface area contributed by atoms with Crippen LogP contribution in [-0.4, -0.2) is 62.0 Å². The molecule has 0 saturated carbocycles. The van der Waals surface area contributed by atoms with Gasteiger partial charge in [-0.3, -0.25) is 9.59 Å². The van der Waals surface area contributed by atoms with Crippen molar-refractivity contribution in [2.24, 2.45) is 5.41 Å². The minimum Gasteiger partial charge on any atom is -0.493 e. The topological polar surface area (TPSA) is 82.9 Å². The monoisotopic (exact) mass is 419 g/mol. The molecule has 7 nitrogen and oxygen atoms in total. The van der Waals surface area contributed by atoms with Gasteiger partial charge in [-0.05, 0) is 49.2 Å². The molecule has 0 aliphatic carbocycles. The lowest BCUT2D eigenvalue weighted by Crippen LogP contribution is -2.35. The number of rotatable bonds is 4. The number of nitrogens with zero attached hydrogens (tertiary/aromatic N) is 3. The van der Waals surface area contributed by atoms with E-state index in [9.17, 15) is 9.59 Å². The first kappa shape index (κ1) is 20.7. The smallest absolute Gasteiger partial charge is 0.254 e. The first-order valence-corrected chi connectivity index (χ1v) is 10.3. The summed E-state index contributed by atoms with van der Waals surface area (Å²) in [6.07, 6.45) is 1.74. The fourth-order valence-corrected chi connectivity index (χ4v) is 4.61. The van der Waals surface area contributed by atoms with Crippen molar-refractivity contribution in [1.29, 1.82) is 5.26 Å². The van der Waals surface area contributed by atoms with Crippen molar-refractivity contribution in [3.63, 3.8) is 0 Å². The second-order valence-electron chi connectivity index (χ2n) is 8.22. The Morgan fingerprint density at radius 1 is 0.903 bits per heavy atom. The zero-order valence-electron chi connectivity index (χ0n) is 17.8. The zero-order valence-corrected chi connectivity index (χ0v) is 17.8. The van der Waals surface area contributed by atoms with Crippen molar-refractivity contribution in [1.82, 2.24) is 9.80 Å². The third-order valence-corrected chi connectivity index (χ3v) is 6.32. The van der Waals surface area contributed by atoms with Crippen molar-refractivity contribution in [3.8, 4) is 17.6 Å². The van der Waals surface area contributed by atoms with Gasteiger partial charge in [0, 0.05) is 42.7 Å². The van der Waals surface area contributed by atoms with Crippen LogP contribution in [-0.2, 0) is 0 Å². The van der Waals surface area contributed by atoms with E-state index in [1.807, 2.05) is 9.80 Å². The normalized spacial score (nSPS) is 20.0. The van der Waals surface area contributed by atoms with Gasteiger partial charge in [-0.1, -0.05) is 6.07 Å². The Kier molecular flexibility index (Phi) is 5.55. The lowest BCUT2D eigenvalue weighted by Gasteiger charge is -2.25. The maximum absolute atomic E-state index is 13.1. The maximum atomic E-state index is 13.1. The number of likely N-dealkylation sites (tertiary alicyclic amines) is 2. The molecule has 2 amide bonds. The van der Waals surface area contributed by atoms with Crippen molar-refractivity contribution in [3.05, 3.63) is 59.2 Å². The minimum absolute atomic E-state index is 0.0377. The molecule has 2 aliphatic heterocycles. The summed E-state index contributed by atoms with van der Waals surface area (Å²) in [5.41, 5.74) is 1.50. The summed E-state index contributed by atoms with van der Waals surface area (Å²) in [6.45, 7) is 2.58. The van der Waals surface area contributed by atoms with E-state index in [1.165, 1.54) is 0 Å². The number of amides is 2. The van der Waals surface area contributed by atoms with E-state index in [-0.39, 0.29) is 17.2 Å². The molecular weight excluding hydrogens is 394 g/mol. The molecule has 2 heterocycles. The highest BCUT2D eigenvalue weighted by Gasteiger charge is 2.46. The molecule has 7 heteroatoms. The first-order valence-electron chi connectivity index (χ1n) is 10.3. The first-order chi connectivity index (χ1) is 15.0. The molecule has 0 N–H and O–H groups in total. The molecule has 160 valence electrons. The lowest BCUT2D eigenvalue weighted by atomic mass is 9.86. The van der Waals surface area contributed by atoms with Gasteiger partial charge in [0.05, 0.1) is 25.9 Å². The summed E-state index contributed by atoms with van der Waals surface area (Å²) in [7, 11) is 3.11. The molecule has 2 aliphatic rings. The van der Waals surface area contributed by atoms with E-state index in [0.29, 0.717) is 54.4 Å². The molecular formula is C24H25N3O4. The van der Waals surface area contributed by atoms with Gasteiger partial charge in [0.1, 0.15) is 0 Å². The third kappa shape index (κ3) is 3.93. The zero-order chi connectivity index (χ0) is 22.0. The van der Waals surface area contributed by atoms with Crippen LogP contribution < -0.4 is 9.47 Å². The SMILES string of the molecule is COc1ccc(C(=O)N2CCC3(CCN(C(=O)c4cccc(C#N)c4)C3)C2)cc1OC. The Labute approximate surface area is 181 Å². The largest absolute Gasteiger partial charge is 0.493 e. The number of ether oxygens (including phenoxy) is 2. The highest BCUT2D eigenvalue weighted by molar-refractivity contribution is 5.96. The second-order valence-corrected chi connectivity index (χ2v) is 8.22. The van der Waals surface area contributed by atoms with Crippen molar-refractivity contribution < 1.29 is 19.1 Å². The molecule has 2 aromatic rings. The highest BCUT2D eigenvalue weighted by Crippen LogP contribution is 2.40. The molecule has 1 atom stereocenters. The highest BCUT2D eigenvalue weighted by atomic mass is 16.5. The summed E-state index contributed by atoms with van der Waals surface area (Å²) >= 11 is 0. The summed E-state index contributed by atoms with van der Waals surface area (Å²) in [6, 6.07) is 14.1. The number of carbonyl (C=O) groups excluding carboxylic acids is 2. The number of methoxy groups -OCH3 is 2. The van der Waals surface area contributed by atoms with Crippen LogP contribution in [0.5, 0.6) is 11.5 Å². The van der Waals surface area contributed by atoms with Crippen LogP contribution in [0.3, 0.4) is 0 Å². The third-order valence-electron chi connectivity index (χ3n) is 6.32. The summed E-state index contributed by atoms with van der Waals surface area (Å²) in [5, 5.41) is 9.09. The molecule has 0 bridgehead atoms. The van der Waals surface area contributed by atoms with Gasteiger partial charge in [0.15, 0.2) is 11.5 Å². The lowest BCUT2D eigenvalue weighted by molar-refractivity contribution is 0.0755. The van der Waals surface area contributed by atoms with Crippen LogP contribution in [0.2, 0.25) is 0 Å². The Bertz CT molecular complexity index is 1060. The Morgan fingerprint density at radius 3 is 2.10 bits per heavy atom. The van der Waals surface area contributed by atoms with E-state index in [4.69, 9.17) is 14.7 Å². The number of carbonyl (C=O) groups is 2. The van der Waals surface area contributed by atoms with Crippen LogP contribution in [0.1, 0.15) is 39.1 Å². The van der Waals surface area contributed by atoms with Crippen molar-refractivity contribution in [2.45, 2.75) is 12.8 Å². The average molecular weight is 419 g/mol. The van der Waals surface area contributed by atoms with Crippen molar-refractivity contribution >= 4 is 11.8 Å². The molecule has 2 saturated heterocycles. The van der Waals surface area contributed by atoms with E-state index >= 15 is 0 Å². The fourth-order valence-electron chi connectivity index (χ4n) is 4.61. The predicted octanol–water partition coefficient (Wildman–Crippen LogP) is 2.95.